The first-order valence-corrected chi connectivity index (χ1v) is 14.3. The van der Waals surface area contributed by atoms with Gasteiger partial charge in [0.05, 0.1) is 10.6 Å². The lowest BCUT2D eigenvalue weighted by molar-refractivity contribution is -0.119. The highest BCUT2D eigenvalue weighted by Gasteiger charge is 2.27. The smallest absolute Gasteiger partial charge is 0.264 e. The molecule has 0 fully saturated rings. The molecule has 6 nitrogen and oxygen atoms in total. The molecule has 0 aliphatic heterocycles. The Kier molecular flexibility index (Phi) is 9.11. The predicted octanol–water partition coefficient (Wildman–Crippen LogP) is 6.24. The van der Waals surface area contributed by atoms with Gasteiger partial charge in [-0.2, -0.15) is 0 Å². The first kappa shape index (κ1) is 26.6. The zero-order valence-corrected chi connectivity index (χ0v) is 22.2. The number of amides is 1. The Bertz CT molecular complexity index is 1400. The number of carbonyl (C=O) groups excluding carboxylic acids is 1. The summed E-state index contributed by atoms with van der Waals surface area (Å²) in [6.45, 7) is 0.0247. The van der Waals surface area contributed by atoms with Crippen LogP contribution < -0.4 is 14.4 Å². The Morgan fingerprint density at radius 3 is 2.05 bits per heavy atom. The van der Waals surface area contributed by atoms with Gasteiger partial charge in [0.25, 0.3) is 10.0 Å². The maximum atomic E-state index is 13.5. The third-order valence-electron chi connectivity index (χ3n) is 5.23. The molecule has 4 aromatic rings. The molecule has 4 rings (SSSR count). The Morgan fingerprint density at radius 1 is 0.811 bits per heavy atom. The van der Waals surface area contributed by atoms with Gasteiger partial charge in [0.15, 0.2) is 0 Å². The lowest BCUT2D eigenvalue weighted by atomic mass is 10.3. The van der Waals surface area contributed by atoms with Gasteiger partial charge in [0.1, 0.15) is 18.0 Å². The summed E-state index contributed by atoms with van der Waals surface area (Å²) in [5.74, 6) is 1.45. The molecule has 190 valence electrons. The fourth-order valence-electron chi connectivity index (χ4n) is 3.42. The van der Waals surface area contributed by atoms with Gasteiger partial charge in [-0.1, -0.05) is 48.0 Å². The molecule has 0 saturated heterocycles. The minimum Gasteiger partial charge on any atom is -0.457 e. The van der Waals surface area contributed by atoms with Crippen molar-refractivity contribution in [3.8, 4) is 11.5 Å². The van der Waals surface area contributed by atoms with Crippen LogP contribution in [0.25, 0.3) is 0 Å². The largest absolute Gasteiger partial charge is 0.457 e. The molecule has 0 saturated carbocycles. The number of thioether (sulfide) groups is 1. The number of para-hydroxylation sites is 1. The second-order valence-corrected chi connectivity index (χ2v) is 11.4. The van der Waals surface area contributed by atoms with Crippen LogP contribution in [0.1, 0.15) is 0 Å². The zero-order valence-electron chi connectivity index (χ0n) is 19.8. The van der Waals surface area contributed by atoms with Crippen molar-refractivity contribution in [1.29, 1.82) is 0 Å². The van der Waals surface area contributed by atoms with Crippen LogP contribution in [0.3, 0.4) is 0 Å². The Hall–Kier alpha value is -3.46. The first-order valence-electron chi connectivity index (χ1n) is 11.5. The van der Waals surface area contributed by atoms with Gasteiger partial charge >= 0.3 is 0 Å². The Balaban J connectivity index is 1.45. The van der Waals surface area contributed by atoms with Crippen molar-refractivity contribution in [3.05, 3.63) is 114 Å². The molecule has 37 heavy (non-hydrogen) atoms. The van der Waals surface area contributed by atoms with E-state index in [1.807, 2.05) is 54.6 Å². The molecule has 0 aliphatic rings. The molecule has 0 bridgehead atoms. The molecule has 9 heteroatoms. The summed E-state index contributed by atoms with van der Waals surface area (Å²) in [5, 5.41) is 3.48. The maximum Gasteiger partial charge on any atom is 0.264 e. The second kappa shape index (κ2) is 12.7. The molecular weight excluding hydrogens is 528 g/mol. The zero-order chi connectivity index (χ0) is 26.1. The van der Waals surface area contributed by atoms with Crippen molar-refractivity contribution in [3.63, 3.8) is 0 Å². The number of halogens is 1. The van der Waals surface area contributed by atoms with E-state index >= 15 is 0 Å². The van der Waals surface area contributed by atoms with Crippen LogP contribution in [0.2, 0.25) is 5.02 Å². The third kappa shape index (κ3) is 7.52. The van der Waals surface area contributed by atoms with Gasteiger partial charge in [-0.05, 0) is 72.8 Å². The summed E-state index contributed by atoms with van der Waals surface area (Å²) < 4.78 is 33.9. The number of nitrogens with one attached hydrogen (secondary N) is 1. The maximum absolute atomic E-state index is 13.5. The van der Waals surface area contributed by atoms with Gasteiger partial charge in [-0.25, -0.2) is 8.42 Å². The average molecular weight is 553 g/mol. The highest BCUT2D eigenvalue weighted by Crippen LogP contribution is 2.28. The van der Waals surface area contributed by atoms with Crippen LogP contribution in [0, 0.1) is 0 Å². The van der Waals surface area contributed by atoms with Gasteiger partial charge in [0, 0.05) is 22.2 Å². The van der Waals surface area contributed by atoms with Crippen LogP contribution in [-0.4, -0.2) is 33.2 Å². The van der Waals surface area contributed by atoms with Crippen LogP contribution in [0.15, 0.2) is 119 Å². The number of anilines is 1. The molecule has 1 amide bonds. The van der Waals surface area contributed by atoms with E-state index in [-0.39, 0.29) is 11.4 Å². The van der Waals surface area contributed by atoms with Crippen molar-refractivity contribution in [2.75, 3.05) is 23.1 Å². The topological polar surface area (TPSA) is 75.7 Å². The van der Waals surface area contributed by atoms with Gasteiger partial charge in [-0.15, -0.1) is 11.8 Å². The fourth-order valence-corrected chi connectivity index (χ4v) is 5.75. The minimum absolute atomic E-state index is 0.103. The van der Waals surface area contributed by atoms with E-state index in [1.165, 1.54) is 12.1 Å². The molecule has 0 atom stereocenters. The standard InChI is InChI=1S/C28H25ClN2O4S2/c29-22-11-17-26(18-12-22)36-20-19-30-28(32)21-31(37(33,34)27-9-5-2-6-10-27)23-13-15-25(16-14-23)35-24-7-3-1-4-8-24/h1-18H,19-21H2,(H,30,32). The van der Waals surface area contributed by atoms with Gasteiger partial charge in [0.2, 0.25) is 5.91 Å². The molecular formula is C28H25ClN2O4S2. The molecule has 0 spiro atoms. The fraction of sp³-hybridized carbons (Fsp3) is 0.107. The molecule has 0 unspecified atom stereocenters. The molecule has 0 radical (unpaired) electrons. The van der Waals surface area contributed by atoms with Crippen LogP contribution in [-0.2, 0) is 14.8 Å². The van der Waals surface area contributed by atoms with Crippen molar-refractivity contribution < 1.29 is 17.9 Å². The molecule has 1 N–H and O–H groups in total. The van der Waals surface area contributed by atoms with E-state index in [1.54, 1.807) is 54.2 Å². The molecule has 0 aliphatic carbocycles. The van der Waals surface area contributed by atoms with Gasteiger partial charge < -0.3 is 10.1 Å². The number of hydrogen-bond donors (Lipinski definition) is 1. The van der Waals surface area contributed by atoms with E-state index in [4.69, 9.17) is 16.3 Å². The SMILES string of the molecule is O=C(CN(c1ccc(Oc2ccccc2)cc1)S(=O)(=O)c1ccccc1)NCCSc1ccc(Cl)cc1. The molecule has 0 aromatic heterocycles. The van der Waals surface area contributed by atoms with Crippen molar-refractivity contribution in [2.24, 2.45) is 0 Å². The van der Waals surface area contributed by atoms with Crippen molar-refractivity contribution in [1.82, 2.24) is 5.32 Å². The quantitative estimate of drug-likeness (QED) is 0.176. The van der Waals surface area contributed by atoms with E-state index in [9.17, 15) is 13.2 Å². The van der Waals surface area contributed by atoms with Crippen LogP contribution in [0.5, 0.6) is 11.5 Å². The monoisotopic (exact) mass is 552 g/mol. The van der Waals surface area contributed by atoms with Crippen LogP contribution >= 0.6 is 23.4 Å². The minimum atomic E-state index is -3.98. The van der Waals surface area contributed by atoms with E-state index < -0.39 is 15.9 Å². The Morgan fingerprint density at radius 2 is 1.41 bits per heavy atom. The number of benzene rings is 4. The van der Waals surface area contributed by atoms with E-state index in [0.29, 0.717) is 34.5 Å². The van der Waals surface area contributed by atoms with E-state index in [2.05, 4.69) is 5.32 Å². The number of hydrogen-bond acceptors (Lipinski definition) is 5. The number of carbonyl (C=O) groups is 1. The summed E-state index contributed by atoms with van der Waals surface area (Å²) in [5.41, 5.74) is 0.356. The summed E-state index contributed by atoms with van der Waals surface area (Å²) >= 11 is 7.48. The number of rotatable bonds is 11. The summed E-state index contributed by atoms with van der Waals surface area (Å²) in [4.78, 5) is 13.9. The average Bonchev–Trinajstić information content (AvgIpc) is 2.92. The highest BCUT2D eigenvalue weighted by atomic mass is 35.5. The summed E-state index contributed by atoms with van der Waals surface area (Å²) in [6.07, 6.45) is 0. The third-order valence-corrected chi connectivity index (χ3v) is 8.28. The first-order chi connectivity index (χ1) is 17.9. The lowest BCUT2D eigenvalue weighted by Crippen LogP contribution is -2.41. The number of ether oxygens (including phenoxy) is 1. The number of nitrogens with zero attached hydrogens (tertiary/aromatic N) is 1. The predicted molar refractivity (Wildman–Crippen MR) is 149 cm³/mol. The second-order valence-electron chi connectivity index (χ2n) is 7.89. The van der Waals surface area contributed by atoms with E-state index in [0.717, 1.165) is 9.20 Å². The van der Waals surface area contributed by atoms with Crippen LogP contribution in [0.4, 0.5) is 5.69 Å². The van der Waals surface area contributed by atoms with Gasteiger partial charge in [-0.3, -0.25) is 9.10 Å². The summed E-state index contributed by atoms with van der Waals surface area (Å²) in [6, 6.07) is 31.4. The lowest BCUT2D eigenvalue weighted by Gasteiger charge is -2.24. The summed E-state index contributed by atoms with van der Waals surface area (Å²) in [7, 11) is -3.98. The highest BCUT2D eigenvalue weighted by molar-refractivity contribution is 7.99. The normalized spacial score (nSPS) is 11.1. The molecule has 0 heterocycles. The van der Waals surface area contributed by atoms with Crippen molar-refractivity contribution >= 4 is 45.0 Å². The van der Waals surface area contributed by atoms with Crippen molar-refractivity contribution in [2.45, 2.75) is 9.79 Å². The molecule has 4 aromatic carbocycles. The number of sulfonamides is 1. The Labute approximate surface area is 226 Å².